The van der Waals surface area contributed by atoms with Crippen LogP contribution in [0.3, 0.4) is 0 Å². The number of amides is 1. The molecule has 0 fully saturated rings. The van der Waals surface area contributed by atoms with Crippen molar-refractivity contribution in [2.45, 2.75) is 17.7 Å². The van der Waals surface area contributed by atoms with E-state index >= 15 is 0 Å². The molecule has 1 amide bonds. The van der Waals surface area contributed by atoms with E-state index in [1.807, 2.05) is 43.3 Å². The number of aromatic nitrogens is 1. The average Bonchev–Trinajstić information content (AvgIpc) is 3.11. The quantitative estimate of drug-likeness (QED) is 0.324. The highest BCUT2D eigenvalue weighted by atomic mass is 35.5. The third kappa shape index (κ3) is 6.67. The van der Waals surface area contributed by atoms with Gasteiger partial charge >= 0.3 is 0 Å². The third-order valence-electron chi connectivity index (χ3n) is 4.21. The molecule has 0 unspecified atom stereocenters. The Kier molecular flexibility index (Phi) is 9.36. The minimum atomic E-state index is -0.348. The minimum Gasteiger partial charge on any atom is -0.308 e. The lowest BCUT2D eigenvalue weighted by Crippen LogP contribution is -2.36. The molecule has 3 rings (SSSR count). The van der Waals surface area contributed by atoms with Gasteiger partial charge in [-0.3, -0.25) is 9.69 Å². The van der Waals surface area contributed by atoms with Gasteiger partial charge in [-0.25, -0.2) is 9.37 Å². The maximum Gasteiger partial charge on any atom is 0.228 e. The van der Waals surface area contributed by atoms with E-state index in [1.165, 1.54) is 22.3 Å². The first-order valence-electron chi connectivity index (χ1n) is 9.22. The number of hydrogen-bond donors (Lipinski definition) is 0. The number of benzene rings is 2. The molecule has 8 heteroatoms. The number of carbonyl (C=O) groups excluding carboxylic acids is 1. The van der Waals surface area contributed by atoms with Crippen molar-refractivity contribution in [2.24, 2.45) is 0 Å². The predicted molar refractivity (Wildman–Crippen MR) is 124 cm³/mol. The number of thioether (sulfide) groups is 1. The van der Waals surface area contributed by atoms with Crippen LogP contribution in [-0.4, -0.2) is 48.7 Å². The van der Waals surface area contributed by atoms with Crippen molar-refractivity contribution < 1.29 is 9.18 Å². The molecule has 0 spiro atoms. The van der Waals surface area contributed by atoms with Gasteiger partial charge in [-0.1, -0.05) is 35.6 Å². The number of thiazole rings is 1. The number of carbonyl (C=O) groups is 1. The van der Waals surface area contributed by atoms with Crippen LogP contribution in [-0.2, 0) is 4.79 Å². The Morgan fingerprint density at radius 3 is 2.55 bits per heavy atom. The van der Waals surface area contributed by atoms with Crippen LogP contribution in [0.4, 0.5) is 9.52 Å². The van der Waals surface area contributed by atoms with Crippen molar-refractivity contribution in [1.82, 2.24) is 9.88 Å². The number of likely N-dealkylation sites (N-methyl/N-ethyl adjacent to an activating group) is 1. The number of hydrogen-bond acceptors (Lipinski definition) is 5. The van der Waals surface area contributed by atoms with Gasteiger partial charge in [0.1, 0.15) is 11.3 Å². The highest BCUT2D eigenvalue weighted by Crippen LogP contribution is 2.30. The molecule has 29 heavy (non-hydrogen) atoms. The maximum absolute atomic E-state index is 14.0. The Balaban J connectivity index is 0.00000300. The summed E-state index contributed by atoms with van der Waals surface area (Å²) in [6, 6.07) is 15.1. The maximum atomic E-state index is 14.0. The molecule has 156 valence electrons. The van der Waals surface area contributed by atoms with Crippen molar-refractivity contribution in [3.63, 3.8) is 0 Å². The van der Waals surface area contributed by atoms with E-state index in [1.54, 1.807) is 22.7 Å². The molecule has 0 N–H and O–H groups in total. The van der Waals surface area contributed by atoms with Crippen LogP contribution in [0, 0.1) is 5.82 Å². The molecule has 0 aliphatic heterocycles. The zero-order valence-corrected chi connectivity index (χ0v) is 19.0. The van der Waals surface area contributed by atoms with Crippen molar-refractivity contribution in [3.05, 3.63) is 54.3 Å². The molecule has 0 aliphatic carbocycles. The summed E-state index contributed by atoms with van der Waals surface area (Å²) < 4.78 is 14.8. The molecule has 3 aromatic rings. The largest absolute Gasteiger partial charge is 0.308 e. The predicted octanol–water partition coefficient (Wildman–Crippen LogP) is 5.32. The molecule has 0 atom stereocenters. The fourth-order valence-corrected chi connectivity index (χ4v) is 4.61. The number of para-hydroxylation sites is 1. The smallest absolute Gasteiger partial charge is 0.228 e. The second-order valence-electron chi connectivity index (χ2n) is 6.70. The molecular formula is C21H25ClFN3OS2. The van der Waals surface area contributed by atoms with Crippen LogP contribution >= 0.6 is 35.5 Å². The summed E-state index contributed by atoms with van der Waals surface area (Å²) >= 11 is 3.12. The summed E-state index contributed by atoms with van der Waals surface area (Å²) in [5, 5.41) is 0.572. The zero-order valence-electron chi connectivity index (χ0n) is 16.5. The Morgan fingerprint density at radius 2 is 1.86 bits per heavy atom. The molecule has 0 bridgehead atoms. The fraction of sp³-hybridized carbons (Fsp3) is 0.333. The lowest BCUT2D eigenvalue weighted by atomic mass is 10.3. The monoisotopic (exact) mass is 453 g/mol. The summed E-state index contributed by atoms with van der Waals surface area (Å²) in [4.78, 5) is 22.3. The highest BCUT2D eigenvalue weighted by molar-refractivity contribution is 7.99. The molecule has 2 aromatic carbocycles. The van der Waals surface area contributed by atoms with Gasteiger partial charge in [0.2, 0.25) is 5.91 Å². The van der Waals surface area contributed by atoms with Crippen LogP contribution in [0.25, 0.3) is 10.2 Å². The first-order chi connectivity index (χ1) is 13.5. The van der Waals surface area contributed by atoms with E-state index in [0.29, 0.717) is 23.6 Å². The minimum absolute atomic E-state index is 0. The number of nitrogens with zero attached hydrogens (tertiary/aromatic N) is 3. The van der Waals surface area contributed by atoms with Crippen molar-refractivity contribution >= 4 is 56.8 Å². The SMILES string of the molecule is CN(C)CCN(C(=O)CCCSc1ccccc1)c1nc2c(F)cccc2s1.Cl. The first-order valence-corrected chi connectivity index (χ1v) is 11.0. The van der Waals surface area contributed by atoms with Gasteiger partial charge in [0.15, 0.2) is 5.13 Å². The second-order valence-corrected chi connectivity index (χ2v) is 8.87. The first kappa shape index (κ1) is 23.6. The van der Waals surface area contributed by atoms with Gasteiger partial charge in [-0.2, -0.15) is 0 Å². The van der Waals surface area contributed by atoms with Crippen LogP contribution < -0.4 is 4.90 Å². The highest BCUT2D eigenvalue weighted by Gasteiger charge is 2.20. The molecule has 0 radical (unpaired) electrons. The Hall–Kier alpha value is -1.67. The molecule has 0 saturated heterocycles. The Morgan fingerprint density at radius 1 is 1.10 bits per heavy atom. The average molecular weight is 454 g/mol. The van der Waals surface area contributed by atoms with Crippen LogP contribution in [0.1, 0.15) is 12.8 Å². The van der Waals surface area contributed by atoms with E-state index in [2.05, 4.69) is 17.1 Å². The number of halogens is 2. The van der Waals surface area contributed by atoms with Gasteiger partial charge in [-0.15, -0.1) is 24.2 Å². The Bertz CT molecular complexity index is 921. The van der Waals surface area contributed by atoms with Crippen LogP contribution in [0.5, 0.6) is 0 Å². The van der Waals surface area contributed by atoms with E-state index in [-0.39, 0.29) is 24.1 Å². The molecule has 0 aliphatic rings. The van der Waals surface area contributed by atoms with Crippen molar-refractivity contribution in [2.75, 3.05) is 37.8 Å². The number of anilines is 1. The summed E-state index contributed by atoms with van der Waals surface area (Å²) in [5.74, 6) is 0.570. The second kappa shape index (κ2) is 11.5. The normalized spacial score (nSPS) is 10.9. The van der Waals surface area contributed by atoms with Gasteiger partial charge in [0.25, 0.3) is 0 Å². The molecule has 1 aromatic heterocycles. The van der Waals surface area contributed by atoms with Gasteiger partial charge in [-0.05, 0) is 50.5 Å². The number of fused-ring (bicyclic) bond motifs is 1. The van der Waals surface area contributed by atoms with Crippen molar-refractivity contribution in [3.8, 4) is 0 Å². The van der Waals surface area contributed by atoms with Gasteiger partial charge in [0, 0.05) is 24.4 Å². The molecular weight excluding hydrogens is 429 g/mol. The van der Waals surface area contributed by atoms with Crippen molar-refractivity contribution in [1.29, 1.82) is 0 Å². The number of rotatable bonds is 9. The summed E-state index contributed by atoms with van der Waals surface area (Å²) in [6.07, 6.45) is 1.24. The topological polar surface area (TPSA) is 36.4 Å². The van der Waals surface area contributed by atoms with Gasteiger partial charge in [0.05, 0.1) is 4.70 Å². The lowest BCUT2D eigenvalue weighted by molar-refractivity contribution is -0.118. The standard InChI is InChI=1S/C21H24FN3OS2.ClH/c1-24(2)13-14-25(21-23-20-17(22)10-6-11-18(20)28-21)19(26)12-7-15-27-16-8-4-3-5-9-16;/h3-6,8-11H,7,12-15H2,1-2H3;1H. The third-order valence-corrected chi connectivity index (χ3v) is 6.35. The molecule has 4 nitrogen and oxygen atoms in total. The van der Waals surface area contributed by atoms with Gasteiger partial charge < -0.3 is 4.90 Å². The van der Waals surface area contributed by atoms with Crippen LogP contribution in [0.2, 0.25) is 0 Å². The van der Waals surface area contributed by atoms with E-state index in [4.69, 9.17) is 0 Å². The molecule has 1 heterocycles. The fourth-order valence-electron chi connectivity index (χ4n) is 2.71. The van der Waals surface area contributed by atoms with E-state index in [0.717, 1.165) is 23.4 Å². The lowest BCUT2D eigenvalue weighted by Gasteiger charge is -2.22. The Labute approximate surface area is 185 Å². The summed E-state index contributed by atoms with van der Waals surface area (Å²) in [5.41, 5.74) is 0.338. The van der Waals surface area contributed by atoms with E-state index < -0.39 is 0 Å². The molecule has 0 saturated carbocycles. The summed E-state index contributed by atoms with van der Waals surface area (Å²) in [7, 11) is 3.94. The van der Waals surface area contributed by atoms with E-state index in [9.17, 15) is 9.18 Å². The zero-order chi connectivity index (χ0) is 19.9. The van der Waals surface area contributed by atoms with Crippen LogP contribution in [0.15, 0.2) is 53.4 Å². The summed E-state index contributed by atoms with van der Waals surface area (Å²) in [6.45, 7) is 1.27.